The van der Waals surface area contributed by atoms with Crippen molar-refractivity contribution in [2.75, 3.05) is 18.0 Å². The molecule has 3 unspecified atom stereocenters. The number of nitrogens with two attached hydrogens (primary N) is 1. The molecule has 2 aliphatic rings. The van der Waals surface area contributed by atoms with Crippen LogP contribution < -0.4 is 10.6 Å². The molecule has 1 saturated carbocycles. The second kappa shape index (κ2) is 4.45. The van der Waals surface area contributed by atoms with E-state index in [0.717, 1.165) is 30.6 Å². The Morgan fingerprint density at radius 2 is 2.20 bits per heavy atom. The highest BCUT2D eigenvalue weighted by atomic mass is 15.4. The second-order valence-corrected chi connectivity index (χ2v) is 6.34. The minimum Gasteiger partial charge on any atom is -0.339 e. The third-order valence-electron chi connectivity index (χ3n) is 4.92. The van der Waals surface area contributed by atoms with Gasteiger partial charge in [0.05, 0.1) is 0 Å². The van der Waals surface area contributed by atoms with E-state index in [1.807, 2.05) is 10.7 Å². The smallest absolute Gasteiger partial charge is 0.245 e. The van der Waals surface area contributed by atoms with Crippen molar-refractivity contribution < 1.29 is 0 Å². The fourth-order valence-electron chi connectivity index (χ4n) is 3.79. The predicted octanol–water partition coefficient (Wildman–Crippen LogP) is 1.60. The molecule has 1 aliphatic carbocycles. The van der Waals surface area contributed by atoms with Crippen LogP contribution in [0.1, 0.15) is 24.8 Å². The molecule has 2 N–H and O–H groups in total. The van der Waals surface area contributed by atoms with Crippen molar-refractivity contribution in [1.82, 2.24) is 14.6 Å². The number of pyridine rings is 1. The van der Waals surface area contributed by atoms with Crippen LogP contribution in [0.5, 0.6) is 0 Å². The third-order valence-corrected chi connectivity index (χ3v) is 4.92. The molecule has 0 amide bonds. The van der Waals surface area contributed by atoms with Gasteiger partial charge in [-0.2, -0.15) is 4.98 Å². The van der Waals surface area contributed by atoms with Crippen molar-refractivity contribution in [2.24, 2.45) is 17.6 Å². The summed E-state index contributed by atoms with van der Waals surface area (Å²) in [5, 5.41) is 4.61. The van der Waals surface area contributed by atoms with Crippen molar-refractivity contribution in [3.8, 4) is 0 Å². The van der Waals surface area contributed by atoms with Crippen LogP contribution in [-0.2, 0) is 0 Å². The fourth-order valence-corrected chi connectivity index (χ4v) is 3.79. The van der Waals surface area contributed by atoms with Gasteiger partial charge in [-0.05, 0) is 49.3 Å². The lowest BCUT2D eigenvalue weighted by Gasteiger charge is -2.29. The van der Waals surface area contributed by atoms with Crippen molar-refractivity contribution in [3.63, 3.8) is 0 Å². The Bertz CT molecular complexity index is 634. The molecule has 1 aliphatic heterocycles. The number of hydrogen-bond acceptors (Lipinski definition) is 4. The van der Waals surface area contributed by atoms with Crippen LogP contribution in [0, 0.1) is 18.8 Å². The lowest BCUT2D eigenvalue weighted by atomic mass is 9.78. The Balaban J connectivity index is 1.63. The van der Waals surface area contributed by atoms with Crippen molar-refractivity contribution in [2.45, 2.75) is 32.2 Å². The average Bonchev–Trinajstić information content (AvgIpc) is 3.01. The van der Waals surface area contributed by atoms with Gasteiger partial charge in [-0.15, -0.1) is 5.10 Å². The molecule has 2 aromatic rings. The quantitative estimate of drug-likeness (QED) is 0.856. The highest BCUT2D eigenvalue weighted by Crippen LogP contribution is 2.36. The van der Waals surface area contributed by atoms with Crippen molar-refractivity contribution in [1.29, 1.82) is 0 Å². The normalized spacial score (nSPS) is 29.9. The van der Waals surface area contributed by atoms with E-state index in [1.165, 1.54) is 24.8 Å². The van der Waals surface area contributed by atoms with Crippen molar-refractivity contribution >= 4 is 11.6 Å². The van der Waals surface area contributed by atoms with E-state index in [9.17, 15) is 0 Å². The molecule has 4 rings (SSSR count). The zero-order valence-electron chi connectivity index (χ0n) is 11.9. The van der Waals surface area contributed by atoms with Crippen LogP contribution in [0.3, 0.4) is 0 Å². The van der Waals surface area contributed by atoms with Gasteiger partial charge in [0.25, 0.3) is 0 Å². The Labute approximate surface area is 118 Å². The number of aromatic nitrogens is 3. The van der Waals surface area contributed by atoms with E-state index in [-0.39, 0.29) is 0 Å². The molecule has 2 aromatic heterocycles. The first-order valence-electron chi connectivity index (χ1n) is 7.54. The Morgan fingerprint density at radius 1 is 1.30 bits per heavy atom. The summed E-state index contributed by atoms with van der Waals surface area (Å²) in [6.45, 7) is 4.16. The van der Waals surface area contributed by atoms with Gasteiger partial charge in [0, 0.05) is 25.3 Å². The van der Waals surface area contributed by atoms with E-state index in [0.29, 0.717) is 12.0 Å². The van der Waals surface area contributed by atoms with Crippen molar-refractivity contribution in [3.05, 3.63) is 23.9 Å². The summed E-state index contributed by atoms with van der Waals surface area (Å²) in [6, 6.07) is 4.49. The maximum Gasteiger partial charge on any atom is 0.245 e. The molecule has 5 nitrogen and oxygen atoms in total. The molecule has 0 radical (unpaired) electrons. The third kappa shape index (κ3) is 1.88. The molecule has 3 heterocycles. The van der Waals surface area contributed by atoms with Crippen LogP contribution in [-0.4, -0.2) is 33.7 Å². The number of rotatable bonds is 1. The molecule has 5 heteroatoms. The van der Waals surface area contributed by atoms with Gasteiger partial charge in [0.2, 0.25) is 5.95 Å². The summed E-state index contributed by atoms with van der Waals surface area (Å²) in [5.41, 5.74) is 8.43. The van der Waals surface area contributed by atoms with E-state index in [2.05, 4.69) is 34.0 Å². The summed E-state index contributed by atoms with van der Waals surface area (Å²) in [5.74, 6) is 2.21. The largest absolute Gasteiger partial charge is 0.339 e. The molecule has 20 heavy (non-hydrogen) atoms. The Hall–Kier alpha value is -1.62. The number of fused-ring (bicyclic) bond motifs is 2. The number of aryl methyl sites for hydroxylation is 1. The fraction of sp³-hybridized carbons (Fsp3) is 0.600. The SMILES string of the molecule is Cc1ccn2nc(N3CC4CCCC(N)C4C3)nc2c1. The van der Waals surface area contributed by atoms with Gasteiger partial charge in [-0.25, -0.2) is 4.52 Å². The number of anilines is 1. The highest BCUT2D eigenvalue weighted by molar-refractivity contribution is 5.47. The summed E-state index contributed by atoms with van der Waals surface area (Å²) in [6.07, 6.45) is 5.73. The van der Waals surface area contributed by atoms with Crippen LogP contribution in [0.25, 0.3) is 5.65 Å². The molecular formula is C15H21N5. The molecular weight excluding hydrogens is 250 g/mol. The van der Waals surface area contributed by atoms with Gasteiger partial charge in [-0.1, -0.05) is 6.42 Å². The standard InChI is InChI=1S/C15H21N5/c1-10-5-6-20-14(7-10)17-15(18-20)19-8-11-3-2-4-13(16)12(11)9-19/h5-7,11-13H,2-4,8-9,16H2,1H3. The van der Waals surface area contributed by atoms with Gasteiger partial charge in [0.1, 0.15) is 0 Å². The van der Waals surface area contributed by atoms with Crippen LogP contribution in [0.15, 0.2) is 18.3 Å². The zero-order chi connectivity index (χ0) is 13.7. The summed E-state index contributed by atoms with van der Waals surface area (Å²) in [7, 11) is 0. The molecule has 3 atom stereocenters. The lowest BCUT2D eigenvalue weighted by molar-refractivity contribution is 0.260. The minimum atomic E-state index is 0.359. The first kappa shape index (κ1) is 12.1. The van der Waals surface area contributed by atoms with Gasteiger partial charge >= 0.3 is 0 Å². The second-order valence-electron chi connectivity index (χ2n) is 6.34. The first-order valence-corrected chi connectivity index (χ1v) is 7.54. The van der Waals surface area contributed by atoms with Gasteiger partial charge < -0.3 is 10.6 Å². The van der Waals surface area contributed by atoms with Gasteiger partial charge in [-0.3, -0.25) is 0 Å². The van der Waals surface area contributed by atoms with E-state index >= 15 is 0 Å². The minimum absolute atomic E-state index is 0.359. The van der Waals surface area contributed by atoms with E-state index in [1.54, 1.807) is 0 Å². The molecule has 0 aromatic carbocycles. The van der Waals surface area contributed by atoms with E-state index < -0.39 is 0 Å². The maximum absolute atomic E-state index is 6.28. The van der Waals surface area contributed by atoms with Crippen LogP contribution in [0.4, 0.5) is 5.95 Å². The molecule has 0 bridgehead atoms. The van der Waals surface area contributed by atoms with Crippen LogP contribution >= 0.6 is 0 Å². The Morgan fingerprint density at radius 3 is 3.05 bits per heavy atom. The van der Waals surface area contributed by atoms with Gasteiger partial charge in [0.15, 0.2) is 5.65 Å². The monoisotopic (exact) mass is 271 g/mol. The lowest BCUT2D eigenvalue weighted by Crippen LogP contribution is -2.38. The maximum atomic E-state index is 6.28. The average molecular weight is 271 g/mol. The number of nitrogens with zero attached hydrogens (tertiary/aromatic N) is 4. The van der Waals surface area contributed by atoms with E-state index in [4.69, 9.17) is 5.73 Å². The summed E-state index contributed by atoms with van der Waals surface area (Å²) < 4.78 is 1.87. The topological polar surface area (TPSA) is 59.5 Å². The van der Waals surface area contributed by atoms with Crippen LogP contribution in [0.2, 0.25) is 0 Å². The number of hydrogen-bond donors (Lipinski definition) is 1. The molecule has 0 spiro atoms. The molecule has 106 valence electrons. The summed E-state index contributed by atoms with van der Waals surface area (Å²) >= 11 is 0. The zero-order valence-corrected chi connectivity index (χ0v) is 11.9. The molecule has 1 saturated heterocycles. The Kier molecular flexibility index (Phi) is 2.70. The predicted molar refractivity (Wildman–Crippen MR) is 78.7 cm³/mol. The molecule has 2 fully saturated rings. The first-order chi connectivity index (χ1) is 9.70. The highest BCUT2D eigenvalue weighted by Gasteiger charge is 2.39. The summed E-state index contributed by atoms with van der Waals surface area (Å²) in [4.78, 5) is 7.00.